The molecule has 0 fully saturated rings. The molecule has 0 saturated heterocycles. The van der Waals surface area contributed by atoms with Gasteiger partial charge in [0.25, 0.3) is 0 Å². The van der Waals surface area contributed by atoms with Crippen LogP contribution in [-0.2, 0) is 5.41 Å². The maximum absolute atomic E-state index is 6.72. The molecule has 1 spiro atoms. The molecule has 2 N–H and O–H groups in total. The van der Waals surface area contributed by atoms with Crippen LogP contribution in [0.4, 0.5) is 0 Å². The van der Waals surface area contributed by atoms with Gasteiger partial charge in [0.1, 0.15) is 17.3 Å². The van der Waals surface area contributed by atoms with Gasteiger partial charge in [-0.2, -0.15) is 0 Å². The summed E-state index contributed by atoms with van der Waals surface area (Å²) in [6.07, 6.45) is 8.68. The first-order valence-corrected chi connectivity index (χ1v) is 16.8. The lowest BCUT2D eigenvalue weighted by Crippen LogP contribution is -2.46. The van der Waals surface area contributed by atoms with Gasteiger partial charge < -0.3 is 9.73 Å². The van der Waals surface area contributed by atoms with Crippen LogP contribution in [0, 0.1) is 0 Å². The van der Waals surface area contributed by atoms with Gasteiger partial charge in [0, 0.05) is 22.0 Å². The Bertz CT molecular complexity index is 2590. The summed E-state index contributed by atoms with van der Waals surface area (Å²) in [6, 6.07) is 49.0. The Morgan fingerprint density at radius 3 is 2.23 bits per heavy atom. The third kappa shape index (κ3) is 3.31. The molecular weight excluding hydrogens is 585 g/mol. The fourth-order valence-corrected chi connectivity index (χ4v) is 9.01. The van der Waals surface area contributed by atoms with Crippen molar-refractivity contribution in [2.75, 3.05) is 0 Å². The van der Waals surface area contributed by atoms with Crippen molar-refractivity contribution in [3.63, 3.8) is 0 Å². The second-order valence-electron chi connectivity index (χ2n) is 13.3. The Kier molecular flexibility index (Phi) is 5.22. The van der Waals surface area contributed by atoms with Gasteiger partial charge in [-0.15, -0.1) is 0 Å². The predicted molar refractivity (Wildman–Crippen MR) is 194 cm³/mol. The van der Waals surface area contributed by atoms with Crippen molar-refractivity contribution in [1.82, 2.24) is 10.6 Å². The number of allylic oxidation sites excluding steroid dienone is 2. The summed E-state index contributed by atoms with van der Waals surface area (Å²) in [5.41, 5.74) is 16.6. The maximum Gasteiger partial charge on any atom is 0.143 e. The maximum atomic E-state index is 6.72. The lowest BCUT2D eigenvalue weighted by molar-refractivity contribution is 0.459. The molecule has 0 amide bonds. The van der Waals surface area contributed by atoms with E-state index in [0.717, 1.165) is 21.9 Å². The van der Waals surface area contributed by atoms with Crippen LogP contribution in [0.25, 0.3) is 49.9 Å². The number of nitrogens with one attached hydrogen (secondary N) is 2. The van der Waals surface area contributed by atoms with Crippen LogP contribution in [0.5, 0.6) is 0 Å². The zero-order chi connectivity index (χ0) is 31.4. The van der Waals surface area contributed by atoms with Crippen molar-refractivity contribution in [2.45, 2.75) is 17.6 Å². The van der Waals surface area contributed by atoms with Crippen LogP contribution in [0.2, 0.25) is 0 Å². The monoisotopic (exact) mass is 614 g/mol. The summed E-state index contributed by atoms with van der Waals surface area (Å²) in [5, 5.41) is 10.2. The molecule has 3 unspecified atom stereocenters. The molecule has 2 heterocycles. The number of para-hydroxylation sites is 1. The average Bonchev–Trinajstić information content (AvgIpc) is 3.78. The molecular formula is C45H30N2O. The van der Waals surface area contributed by atoms with Gasteiger partial charge in [-0.25, -0.2) is 0 Å². The number of hydrogen-bond donors (Lipinski definition) is 2. The minimum Gasteiger partial charge on any atom is -0.455 e. The molecule has 0 bridgehead atoms. The van der Waals surface area contributed by atoms with Gasteiger partial charge in [-0.05, 0) is 61.7 Å². The molecule has 0 radical (unpaired) electrons. The summed E-state index contributed by atoms with van der Waals surface area (Å²) in [4.78, 5) is 0. The van der Waals surface area contributed by atoms with Crippen molar-refractivity contribution >= 4 is 27.6 Å². The Hall–Kier alpha value is -5.90. The molecule has 6 aromatic carbocycles. The Labute approximate surface area is 278 Å². The largest absolute Gasteiger partial charge is 0.455 e. The van der Waals surface area contributed by atoms with E-state index in [4.69, 9.17) is 4.42 Å². The van der Waals surface area contributed by atoms with Crippen LogP contribution in [0.15, 0.2) is 168 Å². The molecule has 3 heteroatoms. The molecule has 11 rings (SSSR count). The number of furan rings is 1. The molecule has 48 heavy (non-hydrogen) atoms. The molecule has 3 nitrogen and oxygen atoms in total. The lowest BCUT2D eigenvalue weighted by atomic mass is 9.70. The molecule has 0 saturated carbocycles. The molecule has 226 valence electrons. The number of benzene rings is 6. The van der Waals surface area contributed by atoms with Crippen molar-refractivity contribution in [2.24, 2.45) is 0 Å². The summed E-state index contributed by atoms with van der Waals surface area (Å²) in [5.74, 6) is 0. The SMILES string of the molecule is C1=CC2=C(c3ccccc3)NC(c3ccc4c(c3)C3(c5ccccc5-4)c4ccccc4-c4c3ccc3c4oc4ccccc43)NC2C=C1. The fourth-order valence-electron chi connectivity index (χ4n) is 9.01. The van der Waals surface area contributed by atoms with E-state index in [2.05, 4.69) is 168 Å². The van der Waals surface area contributed by atoms with Crippen molar-refractivity contribution in [1.29, 1.82) is 0 Å². The third-order valence-corrected chi connectivity index (χ3v) is 11.0. The Balaban J connectivity index is 1.16. The first-order valence-electron chi connectivity index (χ1n) is 16.8. The second-order valence-corrected chi connectivity index (χ2v) is 13.3. The van der Waals surface area contributed by atoms with Crippen LogP contribution in [0.1, 0.15) is 39.5 Å². The van der Waals surface area contributed by atoms with Crippen LogP contribution in [-0.4, -0.2) is 6.04 Å². The summed E-state index contributed by atoms with van der Waals surface area (Å²) in [7, 11) is 0. The second kappa shape index (κ2) is 9.57. The standard InChI is InChI=1S/C45H30N2O/c1-2-12-27(13-3-1)42-34-17-6-10-20-39(34)46-44(47-42)28-22-23-30-29-14-4-8-18-35(29)45(38(30)26-28)36-19-9-5-16-33(36)41-37(45)25-24-32-31-15-7-11-21-40(31)48-43(32)41/h1-26,39,44,46-47H. The highest BCUT2D eigenvalue weighted by molar-refractivity contribution is 6.13. The van der Waals surface area contributed by atoms with E-state index in [1.54, 1.807) is 0 Å². The molecule has 4 aliphatic rings. The van der Waals surface area contributed by atoms with E-state index in [-0.39, 0.29) is 12.2 Å². The van der Waals surface area contributed by atoms with E-state index in [1.807, 2.05) is 0 Å². The molecule has 7 aromatic rings. The van der Waals surface area contributed by atoms with E-state index in [0.29, 0.717) is 0 Å². The van der Waals surface area contributed by atoms with Crippen molar-refractivity contribution in [3.8, 4) is 22.3 Å². The normalized spacial score (nSPS) is 21.2. The van der Waals surface area contributed by atoms with Gasteiger partial charge in [0.05, 0.1) is 11.5 Å². The Morgan fingerprint density at radius 2 is 1.33 bits per heavy atom. The predicted octanol–water partition coefficient (Wildman–Crippen LogP) is 10.0. The van der Waals surface area contributed by atoms with E-state index in [1.165, 1.54) is 66.9 Å². The molecule has 1 aliphatic heterocycles. The van der Waals surface area contributed by atoms with Gasteiger partial charge in [0.15, 0.2) is 0 Å². The third-order valence-electron chi connectivity index (χ3n) is 11.0. The molecule has 1 aromatic heterocycles. The summed E-state index contributed by atoms with van der Waals surface area (Å²) >= 11 is 0. The highest BCUT2D eigenvalue weighted by atomic mass is 16.3. The van der Waals surface area contributed by atoms with E-state index in [9.17, 15) is 0 Å². The minimum absolute atomic E-state index is 0.0786. The first kappa shape index (κ1) is 26.2. The average molecular weight is 615 g/mol. The lowest BCUT2D eigenvalue weighted by Gasteiger charge is -2.37. The zero-order valence-corrected chi connectivity index (χ0v) is 26.1. The topological polar surface area (TPSA) is 37.2 Å². The summed E-state index contributed by atoms with van der Waals surface area (Å²) in [6.45, 7) is 0. The van der Waals surface area contributed by atoms with Crippen molar-refractivity contribution < 1.29 is 4.42 Å². The van der Waals surface area contributed by atoms with Crippen LogP contribution >= 0.6 is 0 Å². The van der Waals surface area contributed by atoms with Gasteiger partial charge >= 0.3 is 0 Å². The molecule has 3 aliphatic carbocycles. The van der Waals surface area contributed by atoms with Gasteiger partial charge in [-0.3, -0.25) is 5.32 Å². The molecule has 3 atom stereocenters. The first-order chi connectivity index (χ1) is 23.8. The smallest absolute Gasteiger partial charge is 0.143 e. The van der Waals surface area contributed by atoms with Gasteiger partial charge in [0.2, 0.25) is 0 Å². The fraction of sp³-hybridized carbons (Fsp3) is 0.0667. The highest BCUT2D eigenvalue weighted by Crippen LogP contribution is 2.64. The number of hydrogen-bond acceptors (Lipinski definition) is 3. The van der Waals surface area contributed by atoms with Crippen LogP contribution < -0.4 is 10.6 Å². The highest BCUT2D eigenvalue weighted by Gasteiger charge is 2.52. The zero-order valence-electron chi connectivity index (χ0n) is 26.1. The van der Waals surface area contributed by atoms with E-state index < -0.39 is 5.41 Å². The van der Waals surface area contributed by atoms with Crippen LogP contribution in [0.3, 0.4) is 0 Å². The number of rotatable bonds is 2. The number of fused-ring (bicyclic) bond motifs is 15. The Morgan fingerprint density at radius 1 is 0.583 bits per heavy atom. The van der Waals surface area contributed by atoms with Crippen molar-refractivity contribution in [3.05, 3.63) is 197 Å². The summed E-state index contributed by atoms with van der Waals surface area (Å²) < 4.78 is 6.72. The quantitative estimate of drug-likeness (QED) is 0.204. The van der Waals surface area contributed by atoms with E-state index >= 15 is 0 Å². The van der Waals surface area contributed by atoms with Gasteiger partial charge in [-0.1, -0.05) is 152 Å². The minimum atomic E-state index is -0.466.